The molecule has 0 saturated heterocycles. The van der Waals surface area contributed by atoms with Crippen molar-refractivity contribution in [3.8, 4) is 16.8 Å². The molecule has 7 nitrogen and oxygen atoms in total. The lowest BCUT2D eigenvalue weighted by Gasteiger charge is -2.09. The maximum atomic E-state index is 13.3. The molecule has 0 bridgehead atoms. The van der Waals surface area contributed by atoms with Gasteiger partial charge in [0.2, 0.25) is 5.91 Å². The van der Waals surface area contributed by atoms with Gasteiger partial charge in [0.15, 0.2) is 0 Å². The van der Waals surface area contributed by atoms with Crippen LogP contribution in [0.25, 0.3) is 33.4 Å². The zero-order valence-corrected chi connectivity index (χ0v) is 20.9. The van der Waals surface area contributed by atoms with Crippen LogP contribution in [0.2, 0.25) is 0 Å². The fourth-order valence-electron chi connectivity index (χ4n) is 4.19. The van der Waals surface area contributed by atoms with Gasteiger partial charge in [-0.05, 0) is 49.7 Å². The zero-order valence-electron chi connectivity index (χ0n) is 20.9. The predicted molar refractivity (Wildman–Crippen MR) is 141 cm³/mol. The molecule has 0 aliphatic heterocycles. The summed E-state index contributed by atoms with van der Waals surface area (Å²) in [4.78, 5) is 29.8. The first-order chi connectivity index (χ1) is 18.1. The van der Waals surface area contributed by atoms with Gasteiger partial charge in [0, 0.05) is 11.8 Å². The molecule has 3 heterocycles. The number of carbonyl (C=O) groups is 1. The molecule has 1 N–H and O–H groups in total. The van der Waals surface area contributed by atoms with Crippen LogP contribution < -0.4 is 11.0 Å². The van der Waals surface area contributed by atoms with Gasteiger partial charge in [-0.2, -0.15) is 13.2 Å². The van der Waals surface area contributed by atoms with Crippen LogP contribution in [0.15, 0.2) is 90.5 Å². The van der Waals surface area contributed by atoms with Crippen LogP contribution in [-0.4, -0.2) is 37.1 Å². The van der Waals surface area contributed by atoms with Crippen LogP contribution in [-0.2, 0) is 11.3 Å². The van der Waals surface area contributed by atoms with Crippen molar-refractivity contribution in [1.82, 2.24) is 23.8 Å². The van der Waals surface area contributed by atoms with E-state index in [9.17, 15) is 22.8 Å². The molecule has 0 aliphatic carbocycles. The monoisotopic (exact) mass is 521 g/mol. The number of hydrogen-bond acceptors (Lipinski definition) is 3. The molecule has 0 aliphatic rings. The third kappa shape index (κ3) is 5.39. The van der Waals surface area contributed by atoms with E-state index >= 15 is 0 Å². The molecule has 0 unspecified atom stereocenters. The molecule has 0 radical (unpaired) electrons. The minimum absolute atomic E-state index is 0.447. The molecule has 5 aromatic rings. The highest BCUT2D eigenvalue weighted by molar-refractivity contribution is 5.83. The van der Waals surface area contributed by atoms with Crippen LogP contribution >= 0.6 is 0 Å². The van der Waals surface area contributed by atoms with Gasteiger partial charge in [-0.1, -0.05) is 36.4 Å². The highest BCUT2D eigenvalue weighted by atomic mass is 19.4. The van der Waals surface area contributed by atoms with E-state index in [1.165, 1.54) is 9.13 Å². The van der Waals surface area contributed by atoms with Crippen LogP contribution in [0, 0.1) is 6.92 Å². The Hall–Kier alpha value is -4.60. The Morgan fingerprint density at radius 1 is 1.03 bits per heavy atom. The van der Waals surface area contributed by atoms with Crippen LogP contribution in [0.4, 0.5) is 13.2 Å². The molecule has 0 spiro atoms. The van der Waals surface area contributed by atoms with Crippen molar-refractivity contribution < 1.29 is 18.0 Å². The third-order valence-corrected chi connectivity index (χ3v) is 5.82. The van der Waals surface area contributed by atoms with Crippen molar-refractivity contribution in [2.75, 3.05) is 6.54 Å². The maximum absolute atomic E-state index is 13.3. The van der Waals surface area contributed by atoms with Gasteiger partial charge in [-0.15, -0.1) is 6.58 Å². The van der Waals surface area contributed by atoms with Crippen molar-refractivity contribution in [1.29, 1.82) is 0 Å². The number of para-hydroxylation sites is 2. The minimum atomic E-state index is -4.53. The largest absolute Gasteiger partial charge is 0.405 e. The number of halogens is 3. The maximum Gasteiger partial charge on any atom is 0.405 e. The number of imidazole rings is 2. The smallest absolute Gasteiger partial charge is 0.345 e. The van der Waals surface area contributed by atoms with Gasteiger partial charge >= 0.3 is 11.9 Å². The fourth-order valence-corrected chi connectivity index (χ4v) is 4.19. The van der Waals surface area contributed by atoms with Gasteiger partial charge in [-0.3, -0.25) is 13.9 Å². The Morgan fingerprint density at radius 2 is 1.68 bits per heavy atom. The number of allylic oxidation sites excluding steroid dienone is 1. The summed E-state index contributed by atoms with van der Waals surface area (Å²) < 4.78 is 42.0. The highest BCUT2D eigenvalue weighted by Gasteiger charge is 2.28. The number of benzene rings is 2. The van der Waals surface area contributed by atoms with E-state index in [0.717, 1.165) is 22.5 Å². The average Bonchev–Trinajstić information content (AvgIpc) is 3.40. The summed E-state index contributed by atoms with van der Waals surface area (Å²) in [6.07, 6.45) is 0.964. The molecule has 3 aromatic heterocycles. The van der Waals surface area contributed by atoms with Crippen molar-refractivity contribution in [3.05, 3.63) is 102 Å². The van der Waals surface area contributed by atoms with Gasteiger partial charge in [0.05, 0.1) is 28.4 Å². The van der Waals surface area contributed by atoms with E-state index in [1.54, 1.807) is 48.7 Å². The second-order valence-corrected chi connectivity index (χ2v) is 8.52. The van der Waals surface area contributed by atoms with Crippen LogP contribution in [0.1, 0.15) is 12.7 Å². The number of amides is 1. The molecule has 0 fully saturated rings. The third-order valence-electron chi connectivity index (χ3n) is 5.82. The summed E-state index contributed by atoms with van der Waals surface area (Å²) in [7, 11) is 0. The number of nitrogens with one attached hydrogen (secondary N) is 1. The summed E-state index contributed by atoms with van der Waals surface area (Å²) in [5.74, 6) is -0.0241. The average molecular weight is 522 g/mol. The number of rotatable bonds is 5. The standard InChI is InChI=1S/C25H20F3N5O2.C3H6/c1-16-29-13-22-19(5-4-12-31(16)22)17-8-10-18(11-9-17)33-21-7-3-2-6-20(21)32(24(33)35)14-23(34)30-15-25(26,27)28;1-3-2/h2-13H,14-15H2,1H3,(H,30,34);3H,1H2,2H3. The first-order valence-corrected chi connectivity index (χ1v) is 11.8. The van der Waals surface area contributed by atoms with E-state index in [0.29, 0.717) is 16.7 Å². The molecule has 5 rings (SSSR count). The number of nitrogens with zero attached hydrogens (tertiary/aromatic N) is 4. The summed E-state index contributed by atoms with van der Waals surface area (Å²) >= 11 is 0. The number of alkyl halides is 3. The Bertz CT molecular complexity index is 1660. The molecule has 0 saturated carbocycles. The molecular weight excluding hydrogens is 495 g/mol. The first kappa shape index (κ1) is 26.5. The number of hydrogen-bond donors (Lipinski definition) is 1. The van der Waals surface area contributed by atoms with Crippen LogP contribution in [0.5, 0.6) is 0 Å². The summed E-state index contributed by atoms with van der Waals surface area (Å²) in [5.41, 5.74) is 3.91. The number of aromatic nitrogens is 4. The number of carbonyl (C=O) groups excluding carboxylic acids is 1. The first-order valence-electron chi connectivity index (χ1n) is 11.8. The highest BCUT2D eigenvalue weighted by Crippen LogP contribution is 2.27. The molecular formula is C28H26F3N5O2. The van der Waals surface area contributed by atoms with Gasteiger partial charge in [0.1, 0.15) is 18.9 Å². The predicted octanol–water partition coefficient (Wildman–Crippen LogP) is 5.29. The summed E-state index contributed by atoms with van der Waals surface area (Å²) in [6, 6.07) is 18.1. The molecule has 196 valence electrons. The normalized spacial score (nSPS) is 11.3. The second-order valence-electron chi connectivity index (χ2n) is 8.52. The minimum Gasteiger partial charge on any atom is -0.345 e. The van der Waals surface area contributed by atoms with E-state index in [4.69, 9.17) is 0 Å². The van der Waals surface area contributed by atoms with E-state index in [1.807, 2.05) is 54.0 Å². The fraction of sp³-hybridized carbons (Fsp3) is 0.179. The van der Waals surface area contributed by atoms with Crippen molar-refractivity contribution in [2.45, 2.75) is 26.6 Å². The SMILES string of the molecule is C=CC.Cc1ncc2c(-c3ccc(-n4c(=O)n(CC(=O)NCC(F)(F)F)c5ccccc54)cc3)cccn12. The number of pyridine rings is 1. The number of fused-ring (bicyclic) bond motifs is 2. The van der Waals surface area contributed by atoms with E-state index in [2.05, 4.69) is 11.6 Å². The quantitative estimate of drug-likeness (QED) is 0.320. The molecule has 10 heteroatoms. The Labute approximate surface area is 216 Å². The lowest BCUT2D eigenvalue weighted by atomic mass is 10.1. The van der Waals surface area contributed by atoms with Crippen molar-refractivity contribution in [2.24, 2.45) is 0 Å². The molecule has 2 aromatic carbocycles. The number of aryl methyl sites for hydroxylation is 1. The lowest BCUT2D eigenvalue weighted by Crippen LogP contribution is -2.37. The van der Waals surface area contributed by atoms with Gasteiger partial charge < -0.3 is 9.72 Å². The van der Waals surface area contributed by atoms with Crippen molar-refractivity contribution in [3.63, 3.8) is 0 Å². The van der Waals surface area contributed by atoms with E-state index < -0.39 is 30.9 Å². The Balaban J connectivity index is 0.00000107. The van der Waals surface area contributed by atoms with Gasteiger partial charge in [0.25, 0.3) is 0 Å². The van der Waals surface area contributed by atoms with E-state index in [-0.39, 0.29) is 0 Å². The van der Waals surface area contributed by atoms with Crippen LogP contribution in [0.3, 0.4) is 0 Å². The van der Waals surface area contributed by atoms with Crippen molar-refractivity contribution >= 4 is 22.5 Å². The van der Waals surface area contributed by atoms with Gasteiger partial charge in [-0.25, -0.2) is 9.78 Å². The summed E-state index contributed by atoms with van der Waals surface area (Å²) in [6.45, 7) is 5.19. The second kappa shape index (κ2) is 10.8. The topological polar surface area (TPSA) is 73.3 Å². The molecule has 0 atom stereocenters. The lowest BCUT2D eigenvalue weighted by molar-refractivity contribution is -0.138. The molecule has 38 heavy (non-hydrogen) atoms. The summed E-state index contributed by atoms with van der Waals surface area (Å²) in [5, 5.41) is 1.81. The molecule has 1 amide bonds. The Morgan fingerprint density at radius 3 is 2.34 bits per heavy atom. The Kier molecular flexibility index (Phi) is 7.52. The zero-order chi connectivity index (χ0) is 27.4.